The first-order valence-electron chi connectivity index (χ1n) is 9.61. The summed E-state index contributed by atoms with van der Waals surface area (Å²) < 4.78 is 0. The topological polar surface area (TPSA) is 94.7 Å². The molecule has 5 rings (SSSR count). The van der Waals surface area contributed by atoms with E-state index >= 15 is 0 Å². The van der Waals surface area contributed by atoms with Gasteiger partial charge in [-0.25, -0.2) is 9.97 Å². The van der Waals surface area contributed by atoms with E-state index in [-0.39, 0.29) is 11.5 Å². The smallest absolute Gasteiger partial charge is 0.258 e. The van der Waals surface area contributed by atoms with Crippen LogP contribution in [0.4, 0.5) is 0 Å². The Morgan fingerprint density at radius 3 is 2.83 bits per heavy atom. The van der Waals surface area contributed by atoms with Crippen molar-refractivity contribution in [3.05, 3.63) is 58.1 Å². The van der Waals surface area contributed by atoms with Gasteiger partial charge >= 0.3 is 0 Å². The first kappa shape index (κ1) is 17.8. The van der Waals surface area contributed by atoms with Gasteiger partial charge < -0.3 is 14.9 Å². The van der Waals surface area contributed by atoms with Crippen molar-refractivity contribution in [1.82, 2.24) is 24.8 Å². The minimum atomic E-state index is -0.248. The molecule has 8 heteroatoms. The van der Waals surface area contributed by atoms with Crippen molar-refractivity contribution in [3.63, 3.8) is 0 Å². The van der Waals surface area contributed by atoms with E-state index in [4.69, 9.17) is 0 Å². The van der Waals surface area contributed by atoms with Gasteiger partial charge in [0.2, 0.25) is 0 Å². The predicted octanol–water partition coefficient (Wildman–Crippen LogP) is 3.67. The van der Waals surface area contributed by atoms with Crippen molar-refractivity contribution in [3.8, 4) is 21.8 Å². The highest BCUT2D eigenvalue weighted by atomic mass is 32.1. The number of aromatic nitrogens is 4. The van der Waals surface area contributed by atoms with Crippen LogP contribution in [0.25, 0.3) is 32.9 Å². The van der Waals surface area contributed by atoms with E-state index in [1.54, 1.807) is 12.3 Å². The molecule has 2 N–H and O–H groups in total. The number of piperidine rings is 1. The summed E-state index contributed by atoms with van der Waals surface area (Å²) in [5, 5.41) is 3.49. The van der Waals surface area contributed by atoms with Crippen molar-refractivity contribution < 1.29 is 4.79 Å². The number of rotatable bonds is 3. The lowest BCUT2D eigenvalue weighted by Crippen LogP contribution is -2.36. The van der Waals surface area contributed by atoms with Gasteiger partial charge in [-0.1, -0.05) is 0 Å². The minimum absolute atomic E-state index is 0.0401. The second-order valence-electron chi connectivity index (χ2n) is 7.12. The maximum Gasteiger partial charge on any atom is 0.258 e. The highest BCUT2D eigenvalue weighted by molar-refractivity contribution is 7.13. The summed E-state index contributed by atoms with van der Waals surface area (Å²) in [5.41, 5.74) is 3.17. The van der Waals surface area contributed by atoms with Crippen LogP contribution in [0.1, 0.15) is 29.6 Å². The number of H-pyrrole nitrogens is 2. The van der Waals surface area contributed by atoms with E-state index in [2.05, 4.69) is 19.9 Å². The number of nitrogens with zero attached hydrogens (tertiary/aromatic N) is 3. The summed E-state index contributed by atoms with van der Waals surface area (Å²) in [4.78, 5) is 41.9. The highest BCUT2D eigenvalue weighted by Gasteiger charge is 2.20. The van der Waals surface area contributed by atoms with Gasteiger partial charge in [-0.3, -0.25) is 9.59 Å². The Bertz CT molecular complexity index is 1250. The van der Waals surface area contributed by atoms with Crippen molar-refractivity contribution in [1.29, 1.82) is 0 Å². The molecule has 0 saturated carbocycles. The molecule has 1 aliphatic heterocycles. The van der Waals surface area contributed by atoms with Crippen LogP contribution in [-0.4, -0.2) is 43.8 Å². The van der Waals surface area contributed by atoms with Gasteiger partial charge in [0.05, 0.1) is 16.8 Å². The Labute approximate surface area is 170 Å². The lowest BCUT2D eigenvalue weighted by molar-refractivity contribution is 0.0724. The van der Waals surface area contributed by atoms with E-state index in [1.807, 2.05) is 28.6 Å². The number of nitrogens with one attached hydrogen (secondary N) is 2. The molecule has 0 atom stereocenters. The van der Waals surface area contributed by atoms with Gasteiger partial charge in [-0.2, -0.15) is 0 Å². The van der Waals surface area contributed by atoms with E-state index in [1.165, 1.54) is 17.5 Å². The van der Waals surface area contributed by atoms with Gasteiger partial charge in [0.25, 0.3) is 11.5 Å². The van der Waals surface area contributed by atoms with Crippen LogP contribution in [0.3, 0.4) is 0 Å². The number of carbonyl (C=O) groups is 1. The second-order valence-corrected chi connectivity index (χ2v) is 7.98. The van der Waals surface area contributed by atoms with Crippen LogP contribution in [-0.2, 0) is 0 Å². The molecule has 1 fully saturated rings. The average Bonchev–Trinajstić information content (AvgIpc) is 3.41. The normalized spacial score (nSPS) is 14.4. The molecule has 1 amide bonds. The van der Waals surface area contributed by atoms with Crippen LogP contribution in [0, 0.1) is 0 Å². The molecule has 0 spiro atoms. The Balaban J connectivity index is 1.50. The molecule has 1 saturated heterocycles. The van der Waals surface area contributed by atoms with Crippen molar-refractivity contribution in [2.75, 3.05) is 13.1 Å². The molecule has 5 heterocycles. The lowest BCUT2D eigenvalue weighted by Gasteiger charge is -2.26. The molecule has 4 aromatic heterocycles. The standard InChI is InChI=1S/C21H19N5O2S/c27-19-15(9-13(10-24-19)21(28)26-7-2-1-3-8-26)20-25-17(12-29-20)16-11-23-18-14(16)5-4-6-22-18/h4-6,9-12H,1-3,7-8H2,(H,22,23)(H,24,27). The fourth-order valence-corrected chi connectivity index (χ4v) is 4.57. The predicted molar refractivity (Wildman–Crippen MR) is 113 cm³/mol. The molecule has 1 aliphatic rings. The first-order valence-corrected chi connectivity index (χ1v) is 10.5. The molecule has 4 aromatic rings. The van der Waals surface area contributed by atoms with Crippen molar-refractivity contribution in [2.45, 2.75) is 19.3 Å². The largest absolute Gasteiger partial charge is 0.345 e. The summed E-state index contributed by atoms with van der Waals surface area (Å²) >= 11 is 1.39. The Hall–Kier alpha value is -3.26. The van der Waals surface area contributed by atoms with Crippen LogP contribution >= 0.6 is 11.3 Å². The molecule has 7 nitrogen and oxygen atoms in total. The van der Waals surface area contributed by atoms with Crippen LogP contribution in [0.5, 0.6) is 0 Å². The minimum Gasteiger partial charge on any atom is -0.345 e. The molecule has 0 unspecified atom stereocenters. The lowest BCUT2D eigenvalue weighted by atomic mass is 10.1. The summed E-state index contributed by atoms with van der Waals surface area (Å²) in [6, 6.07) is 5.53. The Kier molecular flexibility index (Phi) is 4.48. The van der Waals surface area contributed by atoms with E-state index in [0.29, 0.717) is 16.1 Å². The highest BCUT2D eigenvalue weighted by Crippen LogP contribution is 2.31. The number of likely N-dealkylation sites (tertiary alicyclic amines) is 1. The fourth-order valence-electron chi connectivity index (χ4n) is 3.73. The maximum absolute atomic E-state index is 12.8. The zero-order valence-electron chi connectivity index (χ0n) is 15.6. The number of fused-ring (bicyclic) bond motifs is 1. The molecule has 0 aliphatic carbocycles. The number of thiazole rings is 1. The third kappa shape index (κ3) is 3.25. The molecular formula is C21H19N5O2S. The number of hydrogen-bond acceptors (Lipinski definition) is 5. The summed E-state index contributed by atoms with van der Waals surface area (Å²) in [7, 11) is 0. The zero-order chi connectivity index (χ0) is 19.8. The van der Waals surface area contributed by atoms with Crippen molar-refractivity contribution >= 4 is 28.3 Å². The number of carbonyl (C=O) groups excluding carboxylic acids is 1. The SMILES string of the molecule is O=C(c1c[nH]c(=O)c(-c2nc(-c3c[nH]c4ncccc34)cs2)c1)N1CCCCC1. The Morgan fingerprint density at radius 1 is 1.10 bits per heavy atom. The summed E-state index contributed by atoms with van der Waals surface area (Å²) in [6.07, 6.45) is 8.32. The number of pyridine rings is 2. The van der Waals surface area contributed by atoms with Gasteiger partial charge in [-0.15, -0.1) is 11.3 Å². The quantitative estimate of drug-likeness (QED) is 0.544. The fraction of sp³-hybridized carbons (Fsp3) is 0.238. The van der Waals surface area contributed by atoms with Gasteiger partial charge in [0, 0.05) is 48.0 Å². The monoisotopic (exact) mass is 405 g/mol. The molecule has 29 heavy (non-hydrogen) atoms. The summed E-state index contributed by atoms with van der Waals surface area (Å²) in [5.74, 6) is -0.0401. The number of aromatic amines is 2. The van der Waals surface area contributed by atoms with Gasteiger partial charge in [0.15, 0.2) is 0 Å². The molecule has 0 aromatic carbocycles. The zero-order valence-corrected chi connectivity index (χ0v) is 16.5. The maximum atomic E-state index is 12.8. The molecule has 146 valence electrons. The molecule has 0 radical (unpaired) electrons. The molecule has 0 bridgehead atoms. The molecular weight excluding hydrogens is 386 g/mol. The number of hydrogen-bond donors (Lipinski definition) is 2. The summed E-state index contributed by atoms with van der Waals surface area (Å²) in [6.45, 7) is 1.53. The average molecular weight is 405 g/mol. The van der Waals surface area contributed by atoms with Gasteiger partial charge in [0.1, 0.15) is 10.7 Å². The van der Waals surface area contributed by atoms with Crippen LogP contribution < -0.4 is 5.56 Å². The Morgan fingerprint density at radius 2 is 1.97 bits per heavy atom. The van der Waals surface area contributed by atoms with Crippen molar-refractivity contribution in [2.24, 2.45) is 0 Å². The third-order valence-electron chi connectivity index (χ3n) is 5.26. The van der Waals surface area contributed by atoms with E-state index in [0.717, 1.165) is 54.6 Å². The third-order valence-corrected chi connectivity index (χ3v) is 6.13. The van der Waals surface area contributed by atoms with Crippen LogP contribution in [0.15, 0.2) is 47.0 Å². The van der Waals surface area contributed by atoms with Crippen LogP contribution in [0.2, 0.25) is 0 Å². The van der Waals surface area contributed by atoms with Gasteiger partial charge in [-0.05, 0) is 37.5 Å². The second kappa shape index (κ2) is 7.29. The van der Waals surface area contributed by atoms with E-state index in [9.17, 15) is 9.59 Å². The number of amides is 1. The first-order chi connectivity index (χ1) is 14.2. The van der Waals surface area contributed by atoms with E-state index < -0.39 is 0 Å².